The molecule has 0 radical (unpaired) electrons. The smallest absolute Gasteiger partial charge is 0.304 e. The van der Waals surface area contributed by atoms with Gasteiger partial charge in [0.2, 0.25) is 0 Å². The maximum absolute atomic E-state index is 13.0. The van der Waals surface area contributed by atoms with E-state index in [1.165, 1.54) is 12.1 Å². The standard InChI is InChI=1S/C11H10FN3O2S/c12-6-1-2-9(13)8(3-6)10(16)14-4-7-5-18-11(17)15-7/h1-3,5H,4,13H2,(H,14,16)(H,15,17). The molecule has 0 saturated heterocycles. The van der Waals surface area contributed by atoms with Crippen LogP contribution in [0.25, 0.3) is 0 Å². The van der Waals surface area contributed by atoms with E-state index in [4.69, 9.17) is 5.73 Å². The van der Waals surface area contributed by atoms with Crippen LogP contribution in [0, 0.1) is 5.82 Å². The minimum atomic E-state index is -0.529. The lowest BCUT2D eigenvalue weighted by molar-refractivity contribution is 0.0951. The van der Waals surface area contributed by atoms with Crippen LogP contribution in [0.5, 0.6) is 0 Å². The molecule has 0 fully saturated rings. The Kier molecular flexibility index (Phi) is 3.42. The molecule has 2 aromatic rings. The van der Waals surface area contributed by atoms with Crippen LogP contribution in [0.1, 0.15) is 16.1 Å². The van der Waals surface area contributed by atoms with Gasteiger partial charge < -0.3 is 16.0 Å². The van der Waals surface area contributed by atoms with Gasteiger partial charge in [-0.2, -0.15) is 0 Å². The molecule has 0 unspecified atom stereocenters. The van der Waals surface area contributed by atoms with Crippen molar-refractivity contribution in [1.82, 2.24) is 10.3 Å². The molecular formula is C11H10FN3O2S. The van der Waals surface area contributed by atoms with Crippen LogP contribution in [-0.4, -0.2) is 10.9 Å². The van der Waals surface area contributed by atoms with Crippen molar-refractivity contribution in [2.75, 3.05) is 5.73 Å². The predicted octanol–water partition coefficient (Wildman–Crippen LogP) is 1.09. The fourth-order valence-corrected chi connectivity index (χ4v) is 1.98. The van der Waals surface area contributed by atoms with E-state index in [1.807, 2.05) is 0 Å². The number of amides is 1. The molecule has 0 aliphatic carbocycles. The van der Waals surface area contributed by atoms with E-state index in [0.29, 0.717) is 5.69 Å². The minimum absolute atomic E-state index is 0.0765. The number of rotatable bonds is 3. The van der Waals surface area contributed by atoms with E-state index in [1.54, 1.807) is 5.38 Å². The highest BCUT2D eigenvalue weighted by Crippen LogP contribution is 2.13. The van der Waals surface area contributed by atoms with Crippen molar-refractivity contribution in [3.63, 3.8) is 0 Å². The molecular weight excluding hydrogens is 257 g/mol. The second-order valence-corrected chi connectivity index (χ2v) is 4.43. The van der Waals surface area contributed by atoms with Gasteiger partial charge >= 0.3 is 4.87 Å². The summed E-state index contributed by atoms with van der Waals surface area (Å²) in [7, 11) is 0. The summed E-state index contributed by atoms with van der Waals surface area (Å²) in [5.74, 6) is -1.02. The Morgan fingerprint density at radius 1 is 1.50 bits per heavy atom. The molecule has 5 nitrogen and oxygen atoms in total. The number of nitrogen functional groups attached to an aromatic ring is 1. The quantitative estimate of drug-likeness (QED) is 0.727. The highest BCUT2D eigenvalue weighted by Gasteiger charge is 2.10. The highest BCUT2D eigenvalue weighted by atomic mass is 32.1. The molecule has 1 amide bonds. The molecule has 7 heteroatoms. The Bertz CT molecular complexity index is 635. The average molecular weight is 267 g/mol. The number of H-pyrrole nitrogens is 1. The minimum Gasteiger partial charge on any atom is -0.398 e. The van der Waals surface area contributed by atoms with Gasteiger partial charge in [0, 0.05) is 16.8 Å². The Hall–Kier alpha value is -2.15. The number of aromatic nitrogens is 1. The lowest BCUT2D eigenvalue weighted by Gasteiger charge is -2.06. The van der Waals surface area contributed by atoms with Crippen molar-refractivity contribution in [3.8, 4) is 0 Å². The predicted molar refractivity (Wildman–Crippen MR) is 66.9 cm³/mol. The van der Waals surface area contributed by atoms with Crippen LogP contribution in [0.4, 0.5) is 10.1 Å². The van der Waals surface area contributed by atoms with Crippen molar-refractivity contribution in [3.05, 3.63) is 50.3 Å². The van der Waals surface area contributed by atoms with Crippen LogP contribution in [0.15, 0.2) is 28.4 Å². The molecule has 0 aliphatic rings. The number of benzene rings is 1. The molecule has 94 valence electrons. The van der Waals surface area contributed by atoms with Gasteiger partial charge in [0.15, 0.2) is 0 Å². The van der Waals surface area contributed by atoms with Crippen LogP contribution in [0.3, 0.4) is 0 Å². The SMILES string of the molecule is Nc1ccc(F)cc1C(=O)NCc1csc(=O)[nH]1. The van der Waals surface area contributed by atoms with E-state index in [-0.39, 0.29) is 22.7 Å². The molecule has 0 saturated carbocycles. The molecule has 1 aromatic carbocycles. The van der Waals surface area contributed by atoms with E-state index >= 15 is 0 Å². The summed E-state index contributed by atoms with van der Waals surface area (Å²) in [5, 5.41) is 4.16. The molecule has 1 aromatic heterocycles. The van der Waals surface area contributed by atoms with E-state index in [2.05, 4.69) is 10.3 Å². The van der Waals surface area contributed by atoms with Gasteiger partial charge in [-0.25, -0.2) is 4.39 Å². The maximum atomic E-state index is 13.0. The van der Waals surface area contributed by atoms with Crippen molar-refractivity contribution < 1.29 is 9.18 Å². The number of nitrogens with one attached hydrogen (secondary N) is 2. The molecule has 0 atom stereocenters. The first-order valence-electron chi connectivity index (χ1n) is 5.06. The monoisotopic (exact) mass is 267 g/mol. The van der Waals surface area contributed by atoms with Crippen LogP contribution < -0.4 is 15.9 Å². The van der Waals surface area contributed by atoms with Gasteiger partial charge in [-0.1, -0.05) is 11.3 Å². The lowest BCUT2D eigenvalue weighted by atomic mass is 10.1. The first kappa shape index (κ1) is 12.3. The zero-order chi connectivity index (χ0) is 13.1. The third-order valence-electron chi connectivity index (χ3n) is 2.27. The summed E-state index contributed by atoms with van der Waals surface area (Å²) in [6.07, 6.45) is 0. The number of hydrogen-bond acceptors (Lipinski definition) is 4. The summed E-state index contributed by atoms with van der Waals surface area (Å²) in [4.78, 5) is 25.0. The third kappa shape index (κ3) is 2.75. The largest absolute Gasteiger partial charge is 0.398 e. The fourth-order valence-electron chi connectivity index (χ4n) is 1.40. The first-order chi connectivity index (χ1) is 8.56. The molecule has 0 aliphatic heterocycles. The summed E-state index contributed by atoms with van der Waals surface area (Å²) >= 11 is 1.01. The molecule has 4 N–H and O–H groups in total. The number of anilines is 1. The third-order valence-corrected chi connectivity index (χ3v) is 2.99. The number of carbonyl (C=O) groups is 1. The van der Waals surface area contributed by atoms with Crippen molar-refractivity contribution in [2.24, 2.45) is 0 Å². The number of carbonyl (C=O) groups excluding carboxylic acids is 1. The van der Waals surface area contributed by atoms with Crippen LogP contribution in [-0.2, 0) is 6.54 Å². The Labute approximate surface area is 105 Å². The molecule has 0 spiro atoms. The Morgan fingerprint density at radius 3 is 2.94 bits per heavy atom. The number of halogens is 1. The van der Waals surface area contributed by atoms with Gasteiger partial charge in [0.05, 0.1) is 12.1 Å². The van der Waals surface area contributed by atoms with E-state index < -0.39 is 11.7 Å². The average Bonchev–Trinajstić information content (AvgIpc) is 2.75. The van der Waals surface area contributed by atoms with Crippen molar-refractivity contribution >= 4 is 22.9 Å². The summed E-state index contributed by atoms with van der Waals surface area (Å²) in [6, 6.07) is 3.58. The van der Waals surface area contributed by atoms with Gasteiger partial charge in [-0.3, -0.25) is 9.59 Å². The number of hydrogen-bond donors (Lipinski definition) is 3. The van der Waals surface area contributed by atoms with Gasteiger partial charge in [0.1, 0.15) is 5.82 Å². The van der Waals surface area contributed by atoms with E-state index in [0.717, 1.165) is 17.4 Å². The summed E-state index contributed by atoms with van der Waals surface area (Å²) in [6.45, 7) is 0.160. The Balaban J connectivity index is 2.08. The molecule has 2 rings (SSSR count). The summed E-state index contributed by atoms with van der Waals surface area (Å²) < 4.78 is 13.0. The molecule has 1 heterocycles. The van der Waals surface area contributed by atoms with Crippen molar-refractivity contribution in [1.29, 1.82) is 0 Å². The topological polar surface area (TPSA) is 88.0 Å². The first-order valence-corrected chi connectivity index (χ1v) is 5.94. The number of nitrogens with two attached hydrogens (primary N) is 1. The van der Waals surface area contributed by atoms with E-state index in [9.17, 15) is 14.0 Å². The lowest BCUT2D eigenvalue weighted by Crippen LogP contribution is -2.24. The summed E-state index contributed by atoms with van der Waals surface area (Å²) in [5.41, 5.74) is 6.45. The van der Waals surface area contributed by atoms with Gasteiger partial charge in [-0.15, -0.1) is 0 Å². The zero-order valence-corrected chi connectivity index (χ0v) is 10.0. The zero-order valence-electron chi connectivity index (χ0n) is 9.20. The molecule has 0 bridgehead atoms. The molecule has 18 heavy (non-hydrogen) atoms. The van der Waals surface area contributed by atoms with Crippen molar-refractivity contribution in [2.45, 2.75) is 6.54 Å². The number of thiazole rings is 1. The second kappa shape index (κ2) is 5.01. The van der Waals surface area contributed by atoms with Crippen LogP contribution in [0.2, 0.25) is 0 Å². The Morgan fingerprint density at radius 2 is 2.28 bits per heavy atom. The number of aromatic amines is 1. The van der Waals surface area contributed by atoms with Gasteiger partial charge in [0.25, 0.3) is 5.91 Å². The maximum Gasteiger partial charge on any atom is 0.304 e. The van der Waals surface area contributed by atoms with Crippen LogP contribution >= 0.6 is 11.3 Å². The van der Waals surface area contributed by atoms with Gasteiger partial charge in [-0.05, 0) is 18.2 Å². The fraction of sp³-hybridized carbons (Fsp3) is 0.0909. The normalized spacial score (nSPS) is 10.3. The highest BCUT2D eigenvalue weighted by molar-refractivity contribution is 7.07. The second-order valence-electron chi connectivity index (χ2n) is 3.59.